The average Bonchev–Trinajstić information content (AvgIpc) is 2.39. The fourth-order valence-electron chi connectivity index (χ4n) is 2.04. The van der Waals surface area contributed by atoms with Gasteiger partial charge in [0.2, 0.25) is 10.0 Å². The van der Waals surface area contributed by atoms with Crippen molar-refractivity contribution in [2.75, 3.05) is 20.3 Å². The van der Waals surface area contributed by atoms with E-state index in [0.29, 0.717) is 24.2 Å². The normalized spacial score (nSPS) is 13.7. The fourth-order valence-corrected chi connectivity index (χ4v) is 4.64. The molecule has 0 amide bonds. The van der Waals surface area contributed by atoms with Gasteiger partial charge in [0.25, 0.3) is 0 Å². The number of hydrogen-bond donors (Lipinski definition) is 1. The topological polar surface area (TPSA) is 72.6 Å². The Hall–Kier alpha value is -0.470. The molecule has 0 bridgehead atoms. The molecule has 5 nitrogen and oxygen atoms in total. The zero-order valence-corrected chi connectivity index (χ0v) is 14.4. The second-order valence-corrected chi connectivity index (χ2v) is 7.19. The number of methoxy groups -OCH3 is 1. The molecule has 0 aromatic heterocycles. The Bertz CT molecular complexity index is 549. The monoisotopic (exact) mass is 364 g/mol. The Morgan fingerprint density at radius 1 is 1.45 bits per heavy atom. The van der Waals surface area contributed by atoms with E-state index in [1.807, 2.05) is 13.8 Å². The summed E-state index contributed by atoms with van der Waals surface area (Å²) in [4.78, 5) is 0.241. The summed E-state index contributed by atoms with van der Waals surface area (Å²) in [6, 6.07) is 4.90. The number of nitrogens with zero attached hydrogens (tertiary/aromatic N) is 1. The first kappa shape index (κ1) is 17.6. The highest BCUT2D eigenvalue weighted by Gasteiger charge is 2.29. The van der Waals surface area contributed by atoms with Crippen molar-refractivity contribution in [3.63, 3.8) is 0 Å². The molecule has 0 saturated heterocycles. The van der Waals surface area contributed by atoms with Crippen LogP contribution in [0.5, 0.6) is 0 Å². The third-order valence-corrected chi connectivity index (χ3v) is 6.11. The smallest absolute Gasteiger partial charge is 0.244 e. The zero-order chi connectivity index (χ0) is 15.3. The number of likely N-dealkylation sites (N-methyl/N-ethyl adjacent to an activating group) is 1. The van der Waals surface area contributed by atoms with Crippen LogP contribution in [0.4, 0.5) is 0 Å². The van der Waals surface area contributed by atoms with Gasteiger partial charge in [0, 0.05) is 30.7 Å². The van der Waals surface area contributed by atoms with Gasteiger partial charge in [-0.3, -0.25) is 0 Å². The molecule has 114 valence electrons. The molecule has 0 radical (unpaired) electrons. The summed E-state index contributed by atoms with van der Waals surface area (Å²) in [7, 11) is -2.03. The third kappa shape index (κ3) is 3.79. The first-order valence-corrected chi connectivity index (χ1v) is 8.61. The lowest BCUT2D eigenvalue weighted by Crippen LogP contribution is -2.41. The number of nitrogens with two attached hydrogens (primary N) is 1. The molecule has 0 aliphatic rings. The van der Waals surface area contributed by atoms with Crippen molar-refractivity contribution >= 4 is 26.0 Å². The van der Waals surface area contributed by atoms with Crippen molar-refractivity contribution in [1.82, 2.24) is 4.31 Å². The number of halogens is 1. The number of sulfonamides is 1. The molecule has 0 fully saturated rings. The van der Waals surface area contributed by atoms with Crippen LogP contribution in [-0.4, -0.2) is 39.0 Å². The quantitative estimate of drug-likeness (QED) is 0.802. The highest BCUT2D eigenvalue weighted by atomic mass is 79.9. The van der Waals surface area contributed by atoms with Crippen molar-refractivity contribution in [2.45, 2.75) is 31.3 Å². The van der Waals surface area contributed by atoms with Gasteiger partial charge in [-0.05, 0) is 40.5 Å². The summed E-state index contributed by atoms with van der Waals surface area (Å²) in [6.07, 6.45) is 0. The summed E-state index contributed by atoms with van der Waals surface area (Å²) in [5.74, 6) is 0. The molecule has 0 heterocycles. The summed E-state index contributed by atoms with van der Waals surface area (Å²) in [6.45, 7) is 4.67. The lowest BCUT2D eigenvalue weighted by Gasteiger charge is -2.27. The molecule has 0 saturated carbocycles. The molecule has 1 unspecified atom stereocenters. The summed E-state index contributed by atoms with van der Waals surface area (Å²) in [5.41, 5.74) is 6.36. The zero-order valence-electron chi connectivity index (χ0n) is 12.0. The Labute approximate surface area is 129 Å². The molecule has 1 aromatic rings. The average molecular weight is 365 g/mol. The first-order chi connectivity index (χ1) is 9.38. The Kier molecular flexibility index (Phi) is 6.60. The van der Waals surface area contributed by atoms with E-state index in [4.69, 9.17) is 10.5 Å². The summed E-state index contributed by atoms with van der Waals surface area (Å²) >= 11 is 3.30. The number of ether oxygens (including phenoxy) is 1. The SMILES string of the molecule is CCN(C(C)COC)S(=O)(=O)c1cc(CN)ccc1Br. The maximum atomic E-state index is 12.8. The molecule has 0 aliphatic carbocycles. The van der Waals surface area contributed by atoms with Crippen LogP contribution in [0.1, 0.15) is 19.4 Å². The standard InChI is InChI=1S/C13H21BrN2O3S/c1-4-16(10(2)9-19-3)20(17,18)13-7-11(8-15)5-6-12(13)14/h5-7,10H,4,8-9,15H2,1-3H3. The van der Waals surface area contributed by atoms with E-state index in [2.05, 4.69) is 15.9 Å². The fraction of sp³-hybridized carbons (Fsp3) is 0.538. The summed E-state index contributed by atoms with van der Waals surface area (Å²) in [5, 5.41) is 0. The molecule has 20 heavy (non-hydrogen) atoms. The van der Waals surface area contributed by atoms with Crippen LogP contribution in [0.15, 0.2) is 27.6 Å². The van der Waals surface area contributed by atoms with Crippen molar-refractivity contribution in [3.05, 3.63) is 28.2 Å². The Morgan fingerprint density at radius 3 is 2.60 bits per heavy atom. The molecule has 2 N–H and O–H groups in total. The lowest BCUT2D eigenvalue weighted by atomic mass is 10.2. The van der Waals surface area contributed by atoms with Crippen LogP contribution in [0.2, 0.25) is 0 Å². The van der Waals surface area contributed by atoms with Crippen LogP contribution in [0.25, 0.3) is 0 Å². The Balaban J connectivity index is 3.26. The second-order valence-electron chi connectivity index (χ2n) is 4.48. The minimum Gasteiger partial charge on any atom is -0.383 e. The van der Waals surface area contributed by atoms with Crippen LogP contribution >= 0.6 is 15.9 Å². The van der Waals surface area contributed by atoms with Gasteiger partial charge in [0.05, 0.1) is 11.5 Å². The van der Waals surface area contributed by atoms with Gasteiger partial charge in [-0.25, -0.2) is 8.42 Å². The van der Waals surface area contributed by atoms with Gasteiger partial charge < -0.3 is 10.5 Å². The van der Waals surface area contributed by atoms with Gasteiger partial charge in [0.1, 0.15) is 0 Å². The van der Waals surface area contributed by atoms with Crippen LogP contribution in [0, 0.1) is 0 Å². The molecule has 1 aromatic carbocycles. The summed E-state index contributed by atoms with van der Waals surface area (Å²) < 4.78 is 32.6. The highest BCUT2D eigenvalue weighted by molar-refractivity contribution is 9.10. The van der Waals surface area contributed by atoms with E-state index in [9.17, 15) is 8.42 Å². The van der Waals surface area contributed by atoms with Gasteiger partial charge in [-0.1, -0.05) is 13.0 Å². The molecule has 0 spiro atoms. The minimum atomic E-state index is -3.58. The number of benzene rings is 1. The largest absolute Gasteiger partial charge is 0.383 e. The highest BCUT2D eigenvalue weighted by Crippen LogP contribution is 2.27. The first-order valence-electron chi connectivity index (χ1n) is 6.37. The second kappa shape index (κ2) is 7.51. The maximum absolute atomic E-state index is 12.8. The van der Waals surface area contributed by atoms with Gasteiger partial charge in [0.15, 0.2) is 0 Å². The van der Waals surface area contributed by atoms with E-state index in [-0.39, 0.29) is 10.9 Å². The molecule has 7 heteroatoms. The molecule has 1 atom stereocenters. The number of hydrogen-bond acceptors (Lipinski definition) is 4. The van der Waals surface area contributed by atoms with Gasteiger partial charge >= 0.3 is 0 Å². The van der Waals surface area contributed by atoms with Crippen LogP contribution in [-0.2, 0) is 21.3 Å². The van der Waals surface area contributed by atoms with Gasteiger partial charge in [-0.15, -0.1) is 0 Å². The molecule has 1 rings (SSSR count). The molecular formula is C13H21BrN2O3S. The van der Waals surface area contributed by atoms with E-state index < -0.39 is 10.0 Å². The van der Waals surface area contributed by atoms with E-state index >= 15 is 0 Å². The van der Waals surface area contributed by atoms with Gasteiger partial charge in [-0.2, -0.15) is 4.31 Å². The maximum Gasteiger partial charge on any atom is 0.244 e. The van der Waals surface area contributed by atoms with Crippen molar-refractivity contribution in [2.24, 2.45) is 5.73 Å². The van der Waals surface area contributed by atoms with Crippen LogP contribution in [0.3, 0.4) is 0 Å². The minimum absolute atomic E-state index is 0.233. The number of rotatable bonds is 7. The predicted molar refractivity (Wildman–Crippen MR) is 82.9 cm³/mol. The van der Waals surface area contributed by atoms with E-state index in [0.717, 1.165) is 5.56 Å². The van der Waals surface area contributed by atoms with Crippen molar-refractivity contribution in [1.29, 1.82) is 0 Å². The lowest BCUT2D eigenvalue weighted by molar-refractivity contribution is 0.142. The molecular weight excluding hydrogens is 344 g/mol. The van der Waals surface area contributed by atoms with E-state index in [1.54, 1.807) is 25.3 Å². The van der Waals surface area contributed by atoms with Crippen molar-refractivity contribution < 1.29 is 13.2 Å². The van der Waals surface area contributed by atoms with Crippen molar-refractivity contribution in [3.8, 4) is 0 Å². The van der Waals surface area contributed by atoms with Crippen LogP contribution < -0.4 is 5.73 Å². The van der Waals surface area contributed by atoms with E-state index in [1.165, 1.54) is 4.31 Å². The molecule has 0 aliphatic heterocycles. The third-order valence-electron chi connectivity index (χ3n) is 3.03. The Morgan fingerprint density at radius 2 is 2.10 bits per heavy atom. The predicted octanol–water partition coefficient (Wildman–Crippen LogP) is 1.95.